The molecule has 0 aromatic heterocycles. The first-order chi connectivity index (χ1) is 8.76. The predicted octanol–water partition coefficient (Wildman–Crippen LogP) is 2.99. The van der Waals surface area contributed by atoms with Gasteiger partial charge in [0.25, 0.3) is 0 Å². The van der Waals surface area contributed by atoms with Gasteiger partial charge >= 0.3 is 0 Å². The minimum absolute atomic E-state index is 0.556. The molecule has 3 nitrogen and oxygen atoms in total. The van der Waals surface area contributed by atoms with Crippen LogP contribution in [0.15, 0.2) is 18.2 Å². The summed E-state index contributed by atoms with van der Waals surface area (Å²) in [6.07, 6.45) is 5.71. The minimum Gasteiger partial charge on any atom is -0.398 e. The number of hydrogen-bond donors (Lipinski definition) is 2. The quantitative estimate of drug-likeness (QED) is 0.800. The molecule has 3 atom stereocenters. The average molecular weight is 241 g/mol. The van der Waals surface area contributed by atoms with E-state index < -0.39 is 0 Å². The van der Waals surface area contributed by atoms with Gasteiger partial charge in [0.2, 0.25) is 0 Å². The molecule has 0 radical (unpaired) electrons. The summed E-state index contributed by atoms with van der Waals surface area (Å²) >= 11 is 0. The smallest absolute Gasteiger partial charge is 0.101 e. The Balaban J connectivity index is 1.60. The molecule has 2 fully saturated rings. The number of nitrogens with zero attached hydrogens (tertiary/aromatic N) is 1. The highest BCUT2D eigenvalue weighted by atomic mass is 14.9. The van der Waals surface area contributed by atoms with Crippen LogP contribution in [0.5, 0.6) is 0 Å². The molecular formula is C15H19N3. The van der Waals surface area contributed by atoms with Crippen LogP contribution < -0.4 is 11.1 Å². The molecule has 18 heavy (non-hydrogen) atoms. The van der Waals surface area contributed by atoms with Crippen molar-refractivity contribution in [3.8, 4) is 6.07 Å². The third-order valence-electron chi connectivity index (χ3n) is 4.62. The predicted molar refractivity (Wildman–Crippen MR) is 73.0 cm³/mol. The summed E-state index contributed by atoms with van der Waals surface area (Å²) in [6, 6.07) is 7.69. The van der Waals surface area contributed by atoms with Crippen molar-refractivity contribution >= 4 is 11.4 Å². The lowest BCUT2D eigenvalue weighted by Crippen LogP contribution is -2.20. The van der Waals surface area contributed by atoms with Gasteiger partial charge < -0.3 is 11.1 Å². The van der Waals surface area contributed by atoms with Crippen molar-refractivity contribution in [3.05, 3.63) is 23.8 Å². The van der Waals surface area contributed by atoms with Crippen LogP contribution in [-0.4, -0.2) is 6.54 Å². The molecule has 1 aromatic carbocycles. The number of fused-ring (bicyclic) bond motifs is 2. The van der Waals surface area contributed by atoms with Gasteiger partial charge in [0.1, 0.15) is 6.07 Å². The maximum Gasteiger partial charge on any atom is 0.101 e. The molecule has 3 unspecified atom stereocenters. The van der Waals surface area contributed by atoms with Gasteiger partial charge in [-0.05, 0) is 55.2 Å². The number of anilines is 2. The molecule has 3 heteroatoms. The van der Waals surface area contributed by atoms with E-state index in [0.29, 0.717) is 11.3 Å². The Hall–Kier alpha value is -1.69. The van der Waals surface area contributed by atoms with Crippen molar-refractivity contribution in [2.75, 3.05) is 17.6 Å². The highest BCUT2D eigenvalue weighted by Crippen LogP contribution is 2.48. The zero-order chi connectivity index (χ0) is 12.5. The van der Waals surface area contributed by atoms with Crippen LogP contribution >= 0.6 is 0 Å². The first-order valence-corrected chi connectivity index (χ1v) is 6.79. The number of nitrogens with one attached hydrogen (secondary N) is 1. The highest BCUT2D eigenvalue weighted by Gasteiger charge is 2.38. The van der Waals surface area contributed by atoms with Crippen molar-refractivity contribution in [3.63, 3.8) is 0 Å². The summed E-state index contributed by atoms with van der Waals surface area (Å²) in [5.41, 5.74) is 7.97. The fourth-order valence-corrected chi connectivity index (χ4v) is 3.65. The maximum absolute atomic E-state index is 8.83. The molecule has 0 aliphatic heterocycles. The van der Waals surface area contributed by atoms with Gasteiger partial charge in [-0.15, -0.1) is 0 Å². The molecule has 0 spiro atoms. The molecule has 0 heterocycles. The number of rotatable bonds is 3. The van der Waals surface area contributed by atoms with Gasteiger partial charge in [0, 0.05) is 12.2 Å². The SMILES string of the molecule is N#Cc1ccc(NCC2CC3CCC2C3)cc1N. The third kappa shape index (κ3) is 2.03. The van der Waals surface area contributed by atoms with Crippen molar-refractivity contribution in [1.82, 2.24) is 0 Å². The van der Waals surface area contributed by atoms with E-state index >= 15 is 0 Å². The first kappa shape index (κ1) is 11.4. The fraction of sp³-hybridized carbons (Fsp3) is 0.533. The molecule has 0 amide bonds. The van der Waals surface area contributed by atoms with Gasteiger partial charge in [0.15, 0.2) is 0 Å². The molecule has 2 bridgehead atoms. The largest absolute Gasteiger partial charge is 0.398 e. The summed E-state index contributed by atoms with van der Waals surface area (Å²) in [6.45, 7) is 1.05. The van der Waals surface area contributed by atoms with Crippen molar-refractivity contribution in [2.24, 2.45) is 17.8 Å². The Morgan fingerprint density at radius 2 is 2.22 bits per heavy atom. The molecule has 2 saturated carbocycles. The normalized spacial score (nSPS) is 29.2. The van der Waals surface area contributed by atoms with Crippen LogP contribution in [0, 0.1) is 29.1 Å². The second-order valence-corrected chi connectivity index (χ2v) is 5.73. The number of nitriles is 1. The van der Waals surface area contributed by atoms with Crippen LogP contribution in [0.1, 0.15) is 31.2 Å². The van der Waals surface area contributed by atoms with Gasteiger partial charge in [0.05, 0.1) is 11.3 Å². The van der Waals surface area contributed by atoms with E-state index in [-0.39, 0.29) is 0 Å². The summed E-state index contributed by atoms with van der Waals surface area (Å²) in [5, 5.41) is 12.3. The fourth-order valence-electron chi connectivity index (χ4n) is 3.65. The summed E-state index contributed by atoms with van der Waals surface area (Å²) in [4.78, 5) is 0. The third-order valence-corrected chi connectivity index (χ3v) is 4.62. The molecule has 3 N–H and O–H groups in total. The number of hydrogen-bond acceptors (Lipinski definition) is 3. The lowest BCUT2D eigenvalue weighted by Gasteiger charge is -2.22. The Morgan fingerprint density at radius 1 is 1.33 bits per heavy atom. The second kappa shape index (κ2) is 4.53. The first-order valence-electron chi connectivity index (χ1n) is 6.79. The Morgan fingerprint density at radius 3 is 2.83 bits per heavy atom. The van der Waals surface area contributed by atoms with Gasteiger partial charge in [-0.2, -0.15) is 5.26 Å². The van der Waals surface area contributed by atoms with Crippen molar-refractivity contribution in [1.29, 1.82) is 5.26 Å². The van der Waals surface area contributed by atoms with Crippen molar-refractivity contribution in [2.45, 2.75) is 25.7 Å². The average Bonchev–Trinajstić information content (AvgIpc) is 2.98. The Labute approximate surface area is 108 Å². The zero-order valence-corrected chi connectivity index (χ0v) is 10.5. The minimum atomic E-state index is 0.556. The Bertz CT molecular complexity index is 489. The van der Waals surface area contributed by atoms with Crippen LogP contribution in [0.3, 0.4) is 0 Å². The molecule has 2 aliphatic rings. The maximum atomic E-state index is 8.83. The standard InChI is InChI=1S/C15H19N3/c16-8-12-3-4-14(7-15(12)17)18-9-13-6-10-1-2-11(13)5-10/h3-4,7,10-11,13,18H,1-2,5-6,9,17H2. The molecule has 3 rings (SSSR count). The number of benzene rings is 1. The zero-order valence-electron chi connectivity index (χ0n) is 10.5. The molecule has 0 saturated heterocycles. The molecule has 2 aliphatic carbocycles. The lowest BCUT2D eigenvalue weighted by atomic mass is 9.89. The van der Waals surface area contributed by atoms with Crippen LogP contribution in [0.25, 0.3) is 0 Å². The van der Waals surface area contributed by atoms with E-state index in [1.54, 1.807) is 6.07 Å². The van der Waals surface area contributed by atoms with Crippen LogP contribution in [0.4, 0.5) is 11.4 Å². The monoisotopic (exact) mass is 241 g/mol. The van der Waals surface area contributed by atoms with Crippen LogP contribution in [0.2, 0.25) is 0 Å². The summed E-state index contributed by atoms with van der Waals surface area (Å²) in [5.74, 6) is 2.77. The Kier molecular flexibility index (Phi) is 2.87. The van der Waals surface area contributed by atoms with E-state index in [0.717, 1.165) is 30.0 Å². The number of nitrogen functional groups attached to an aromatic ring is 1. The van der Waals surface area contributed by atoms with Gasteiger partial charge in [-0.3, -0.25) is 0 Å². The lowest BCUT2D eigenvalue weighted by molar-refractivity contribution is 0.348. The van der Waals surface area contributed by atoms with E-state index in [1.165, 1.54) is 25.7 Å². The second-order valence-electron chi connectivity index (χ2n) is 5.73. The highest BCUT2D eigenvalue weighted by molar-refractivity contribution is 5.62. The van der Waals surface area contributed by atoms with Crippen LogP contribution in [-0.2, 0) is 0 Å². The van der Waals surface area contributed by atoms with Crippen molar-refractivity contribution < 1.29 is 0 Å². The van der Waals surface area contributed by atoms with E-state index in [9.17, 15) is 0 Å². The van der Waals surface area contributed by atoms with Gasteiger partial charge in [-0.1, -0.05) is 6.42 Å². The topological polar surface area (TPSA) is 61.8 Å². The molecule has 1 aromatic rings. The number of nitrogens with two attached hydrogens (primary N) is 1. The van der Waals surface area contributed by atoms with Gasteiger partial charge in [-0.25, -0.2) is 0 Å². The van der Waals surface area contributed by atoms with E-state index in [2.05, 4.69) is 11.4 Å². The molecular weight excluding hydrogens is 222 g/mol. The summed E-state index contributed by atoms with van der Waals surface area (Å²) in [7, 11) is 0. The molecule has 94 valence electrons. The summed E-state index contributed by atoms with van der Waals surface area (Å²) < 4.78 is 0. The van der Waals surface area contributed by atoms with E-state index in [4.69, 9.17) is 11.0 Å². The van der Waals surface area contributed by atoms with E-state index in [1.807, 2.05) is 12.1 Å².